The maximum atomic E-state index is 14.6. The zero-order chi connectivity index (χ0) is 41.2. The second kappa shape index (κ2) is 16.9. The number of aliphatic hydroxyl groups excluding tert-OH is 3. The quantitative estimate of drug-likeness (QED) is 0.165. The van der Waals surface area contributed by atoms with Gasteiger partial charge in [-0.3, -0.25) is 19.2 Å². The van der Waals surface area contributed by atoms with Crippen molar-refractivity contribution in [1.82, 2.24) is 5.32 Å². The van der Waals surface area contributed by atoms with Gasteiger partial charge in [-0.15, -0.1) is 0 Å². The van der Waals surface area contributed by atoms with Gasteiger partial charge in [-0.05, 0) is 63.2 Å². The van der Waals surface area contributed by atoms with E-state index in [0.29, 0.717) is 31.2 Å². The van der Waals surface area contributed by atoms with E-state index < -0.39 is 94.3 Å². The molecule has 1 aromatic carbocycles. The highest BCUT2D eigenvalue weighted by Gasteiger charge is 2.65. The Kier molecular flexibility index (Phi) is 13.0. The molecular formula is C42H57NO13. The van der Waals surface area contributed by atoms with E-state index in [1.807, 2.05) is 12.2 Å². The first-order valence-corrected chi connectivity index (χ1v) is 19.5. The summed E-state index contributed by atoms with van der Waals surface area (Å²) in [5.74, 6) is -3.56. The van der Waals surface area contributed by atoms with Gasteiger partial charge in [0, 0.05) is 44.4 Å². The van der Waals surface area contributed by atoms with Crippen LogP contribution < -0.4 is 5.32 Å². The summed E-state index contributed by atoms with van der Waals surface area (Å²) in [5.41, 5.74) is -5.85. The number of carbonyl (C=O) groups is 5. The van der Waals surface area contributed by atoms with Crippen molar-refractivity contribution in [3.8, 4) is 0 Å². The first-order chi connectivity index (χ1) is 26.3. The Labute approximate surface area is 327 Å². The highest BCUT2D eigenvalue weighted by molar-refractivity contribution is 5.92. The van der Waals surface area contributed by atoms with Gasteiger partial charge in [-0.2, -0.15) is 0 Å². The zero-order valence-corrected chi connectivity index (χ0v) is 33.1. The second-order valence-electron chi connectivity index (χ2n) is 16.6. The van der Waals surface area contributed by atoms with Gasteiger partial charge in [0.05, 0.1) is 24.2 Å². The molecule has 0 radical (unpaired) electrons. The van der Waals surface area contributed by atoms with Crippen LogP contribution in [0.5, 0.6) is 0 Å². The van der Waals surface area contributed by atoms with Crippen LogP contribution in [0, 0.1) is 10.8 Å². The van der Waals surface area contributed by atoms with Crippen molar-refractivity contribution in [1.29, 1.82) is 0 Å². The molecule has 0 spiro atoms. The number of nitrogens with one attached hydrogen (secondary N) is 1. The lowest BCUT2D eigenvalue weighted by molar-refractivity contribution is -0.291. The third kappa shape index (κ3) is 8.36. The van der Waals surface area contributed by atoms with Gasteiger partial charge in [0.15, 0.2) is 17.5 Å². The predicted molar refractivity (Wildman–Crippen MR) is 200 cm³/mol. The average Bonchev–Trinajstić information content (AvgIpc) is 3.13. The number of ether oxygens (including phenoxy) is 4. The van der Waals surface area contributed by atoms with Gasteiger partial charge in [-0.1, -0.05) is 56.3 Å². The van der Waals surface area contributed by atoms with Crippen molar-refractivity contribution in [3.05, 3.63) is 59.2 Å². The molecule has 2 bridgehead atoms. The van der Waals surface area contributed by atoms with Crippen LogP contribution in [0.2, 0.25) is 0 Å². The van der Waals surface area contributed by atoms with Gasteiger partial charge in [0.2, 0.25) is 5.91 Å². The van der Waals surface area contributed by atoms with E-state index in [9.17, 15) is 44.4 Å². The minimum atomic E-state index is -2.07. The lowest BCUT2D eigenvalue weighted by atomic mass is 9.55. The first kappa shape index (κ1) is 43.2. The molecule has 308 valence electrons. The van der Waals surface area contributed by atoms with Crippen LogP contribution >= 0.6 is 0 Å². The molecule has 1 aromatic rings. The summed E-state index contributed by atoms with van der Waals surface area (Å²) in [4.78, 5) is 66.9. The molecule has 14 heteroatoms. The van der Waals surface area contributed by atoms with E-state index in [1.54, 1.807) is 44.2 Å². The predicted octanol–water partition coefficient (Wildman–Crippen LogP) is 3.23. The summed E-state index contributed by atoms with van der Waals surface area (Å²) in [5, 5.41) is 50.5. The first-order valence-electron chi connectivity index (χ1n) is 19.5. The third-order valence-corrected chi connectivity index (χ3v) is 12.5. The highest BCUT2D eigenvalue weighted by Crippen LogP contribution is 2.55. The molecule has 10 atom stereocenters. The number of amides is 1. The SMILES string of the molecule is CC(=O)O[C@@]12CO[C@@H]1C[C@H](O)[C@@](C)(C(=O)[C@H](O)C1=C(C)C3C[C@@](O)([C@H](C)OC(=O)CCC/C=C/CCCC(=O)N[C@@H](c4ccccc4)[C@@H](O)C(=O)O3)C1(C)C)C2. The number of rotatable bonds is 5. The molecule has 5 N–H and O–H groups in total. The number of Topliss-reactive ketones (excluding diaryl/α,β-unsaturated/α-hetero) is 1. The molecule has 1 saturated heterocycles. The van der Waals surface area contributed by atoms with Crippen LogP contribution in [0.3, 0.4) is 0 Å². The van der Waals surface area contributed by atoms with Crippen molar-refractivity contribution in [2.75, 3.05) is 6.61 Å². The fraction of sp³-hybridized carbons (Fsp3) is 0.643. The van der Waals surface area contributed by atoms with Gasteiger partial charge in [-0.25, -0.2) is 4.79 Å². The molecular weight excluding hydrogens is 726 g/mol. The maximum Gasteiger partial charge on any atom is 0.338 e. The Balaban J connectivity index is 1.56. The normalized spacial score (nSPS) is 37.0. The Hall–Kier alpha value is -3.95. The van der Waals surface area contributed by atoms with Crippen molar-refractivity contribution in [2.24, 2.45) is 10.8 Å². The average molecular weight is 784 g/mol. The summed E-state index contributed by atoms with van der Waals surface area (Å²) in [6.45, 7) is 8.90. The number of hydrogen-bond donors (Lipinski definition) is 5. The summed E-state index contributed by atoms with van der Waals surface area (Å²) < 4.78 is 23.0. The van der Waals surface area contributed by atoms with Crippen molar-refractivity contribution < 1.29 is 63.3 Å². The number of cyclic esters (lactones) is 1. The molecule has 1 saturated carbocycles. The summed E-state index contributed by atoms with van der Waals surface area (Å²) >= 11 is 0. The van der Waals surface area contributed by atoms with Gasteiger partial charge in [0.25, 0.3) is 0 Å². The van der Waals surface area contributed by atoms with E-state index in [4.69, 9.17) is 18.9 Å². The Bertz CT molecular complexity index is 1720. The monoisotopic (exact) mass is 783 g/mol. The summed E-state index contributed by atoms with van der Waals surface area (Å²) in [7, 11) is 0. The fourth-order valence-electron chi connectivity index (χ4n) is 9.03. The minimum Gasteiger partial charge on any atom is -0.460 e. The lowest BCUT2D eigenvalue weighted by Gasteiger charge is -2.57. The van der Waals surface area contributed by atoms with E-state index in [0.717, 1.165) is 0 Å². The van der Waals surface area contributed by atoms with Crippen LogP contribution in [0.1, 0.15) is 111 Å². The molecule has 56 heavy (non-hydrogen) atoms. The number of hydrogen-bond acceptors (Lipinski definition) is 13. The van der Waals surface area contributed by atoms with Crippen LogP contribution in [0.15, 0.2) is 53.6 Å². The molecule has 5 rings (SSSR count). The fourth-order valence-corrected chi connectivity index (χ4v) is 9.03. The van der Waals surface area contributed by atoms with Gasteiger partial charge in [0.1, 0.15) is 30.0 Å². The molecule has 2 heterocycles. The molecule has 2 aliphatic heterocycles. The van der Waals surface area contributed by atoms with Gasteiger partial charge >= 0.3 is 17.9 Å². The van der Waals surface area contributed by atoms with Crippen molar-refractivity contribution in [2.45, 2.75) is 153 Å². The number of carbonyl (C=O) groups excluding carboxylic acids is 5. The number of ketones is 1. The zero-order valence-electron chi connectivity index (χ0n) is 33.1. The van der Waals surface area contributed by atoms with Crippen LogP contribution in [0.25, 0.3) is 0 Å². The Morgan fingerprint density at radius 2 is 1.62 bits per heavy atom. The van der Waals surface area contributed by atoms with E-state index in [2.05, 4.69) is 5.32 Å². The number of aliphatic hydroxyl groups is 4. The van der Waals surface area contributed by atoms with Crippen LogP contribution in [-0.4, -0.2) is 104 Å². The van der Waals surface area contributed by atoms with Crippen molar-refractivity contribution in [3.63, 3.8) is 0 Å². The van der Waals surface area contributed by atoms with Crippen LogP contribution in [-0.2, 0) is 42.9 Å². The molecule has 4 aliphatic rings. The second-order valence-corrected chi connectivity index (χ2v) is 16.6. The lowest BCUT2D eigenvalue weighted by Crippen LogP contribution is -2.70. The van der Waals surface area contributed by atoms with E-state index >= 15 is 0 Å². The molecule has 1 unspecified atom stereocenters. The molecule has 2 fully saturated rings. The standard InChI is InChI=1S/C42H57NO13/c1-24-28-21-42(52,39(4,5)33(24)35(48)37(50)40(6)22-41(56-26(3)44)23-53-30(41)20-29(40)45)25(2)54-32(47)19-15-10-8-7-9-14-18-31(46)43-34(36(49)38(51)55-28)27-16-12-11-13-17-27/h7-8,11-13,16-17,25,28-30,34-36,45,48-49,52H,9-10,14-15,18-23H2,1-6H3,(H,43,46)/b8-7+/t25-,28?,29-,30+,34-,35+,36+,40-,41-,42+/m0/s1. The third-order valence-electron chi connectivity index (χ3n) is 12.5. The number of allylic oxidation sites excluding steroid dienone is 2. The number of benzene rings is 1. The minimum absolute atomic E-state index is 0.000147. The number of fused-ring (bicyclic) bond motifs is 3. The summed E-state index contributed by atoms with van der Waals surface area (Å²) in [6, 6.07) is 7.23. The van der Waals surface area contributed by atoms with E-state index in [-0.39, 0.29) is 49.9 Å². The topological polar surface area (TPSA) is 215 Å². The Morgan fingerprint density at radius 1 is 0.982 bits per heavy atom. The van der Waals surface area contributed by atoms with Gasteiger partial charge < -0.3 is 44.7 Å². The highest BCUT2D eigenvalue weighted by atomic mass is 16.6. The Morgan fingerprint density at radius 3 is 2.23 bits per heavy atom. The molecule has 1 amide bonds. The number of esters is 3. The summed E-state index contributed by atoms with van der Waals surface area (Å²) in [6.07, 6.45) is -2.94. The molecule has 0 aromatic heterocycles. The van der Waals surface area contributed by atoms with Crippen LogP contribution in [0.4, 0.5) is 0 Å². The maximum absolute atomic E-state index is 14.6. The molecule has 2 aliphatic carbocycles. The largest absolute Gasteiger partial charge is 0.460 e. The van der Waals surface area contributed by atoms with Crippen molar-refractivity contribution >= 4 is 29.6 Å². The molecule has 14 nitrogen and oxygen atoms in total. The smallest absolute Gasteiger partial charge is 0.338 e. The van der Waals surface area contributed by atoms with E-state index in [1.165, 1.54) is 27.7 Å².